The van der Waals surface area contributed by atoms with Gasteiger partial charge in [-0.15, -0.1) is 0 Å². The second kappa shape index (κ2) is 12.8. The lowest BCUT2D eigenvalue weighted by molar-refractivity contribution is -0.786. The van der Waals surface area contributed by atoms with Gasteiger partial charge in [-0.05, 0) is 30.3 Å². The molecule has 3 aromatic rings. The van der Waals surface area contributed by atoms with Gasteiger partial charge >= 0.3 is 0 Å². The molecule has 0 aliphatic heterocycles. The van der Waals surface area contributed by atoms with Gasteiger partial charge in [0.2, 0.25) is 0 Å². The zero-order chi connectivity index (χ0) is 20.9. The largest absolute Gasteiger partial charge is 0.889 e. The van der Waals surface area contributed by atoms with Gasteiger partial charge in [0.15, 0.2) is 0 Å². The first kappa shape index (κ1) is 23.5. The van der Waals surface area contributed by atoms with E-state index >= 15 is 0 Å². The first-order valence-corrected chi connectivity index (χ1v) is 9.10. The van der Waals surface area contributed by atoms with Gasteiger partial charge in [0.05, 0.1) is 28.2 Å². The van der Waals surface area contributed by atoms with Crippen molar-refractivity contribution in [3.05, 3.63) is 90.7 Å². The number of rotatable bonds is 3. The Morgan fingerprint density at radius 1 is 0.607 bits per heavy atom. The average molecular weight is 382 g/mol. The molecule has 0 amide bonds. The molecular weight excluding hydrogens is 354 g/mol. The Balaban J connectivity index is 0.000000210. The monoisotopic (exact) mass is 382 g/mol. The molecule has 148 valence electrons. The van der Waals surface area contributed by atoms with E-state index in [0.29, 0.717) is 0 Å². The maximum Gasteiger partial charge on any atom is 0.130 e. The summed E-state index contributed by atoms with van der Waals surface area (Å²) < 4.78 is 12.4. The second-order valence-corrected chi connectivity index (χ2v) is 6.59. The Bertz CT molecular complexity index is 741. The third kappa shape index (κ3) is 8.93. The van der Waals surface area contributed by atoms with Crippen LogP contribution < -0.4 is 25.3 Å². The molecule has 4 nitrogen and oxygen atoms in total. The minimum atomic E-state index is -2.22. The zero-order valence-electron chi connectivity index (χ0n) is 16.9. The second-order valence-electron chi connectivity index (χ2n) is 6.59. The quantitative estimate of drug-likeness (QED) is 0.581. The Labute approximate surface area is 167 Å². The summed E-state index contributed by atoms with van der Waals surface area (Å²) in [6.07, 6.45) is 0. The Morgan fingerprint density at radius 3 is 1.21 bits per heavy atom. The summed E-state index contributed by atoms with van der Waals surface area (Å²) in [6, 6.07) is 26.0. The molecular formula is C22H28BFN2O2. The van der Waals surface area contributed by atoms with E-state index in [9.17, 15) is 14.4 Å². The molecule has 0 unspecified atom stereocenters. The lowest BCUT2D eigenvalue weighted by Crippen LogP contribution is -3.00. The lowest BCUT2D eigenvalue weighted by atomic mass is 9.80. The molecule has 0 saturated carbocycles. The number of hydrogen-bond acceptors (Lipinski definition) is 2. The van der Waals surface area contributed by atoms with Crippen LogP contribution in [0.5, 0.6) is 0 Å². The zero-order valence-corrected chi connectivity index (χ0v) is 16.9. The summed E-state index contributed by atoms with van der Waals surface area (Å²) in [5.74, 6) is -0.725. The van der Waals surface area contributed by atoms with Crippen molar-refractivity contribution in [2.24, 2.45) is 0 Å². The summed E-state index contributed by atoms with van der Waals surface area (Å²) in [5, 5.41) is 20.3. The number of para-hydroxylation sites is 2. The summed E-state index contributed by atoms with van der Waals surface area (Å²) in [4.78, 5) is 2.74. The summed E-state index contributed by atoms with van der Waals surface area (Å²) in [6.45, 7) is 0. The predicted octanol–water partition coefficient (Wildman–Crippen LogP) is -0.833. The van der Waals surface area contributed by atoms with E-state index in [1.165, 1.54) is 39.4 Å². The first-order valence-electron chi connectivity index (χ1n) is 9.10. The van der Waals surface area contributed by atoms with E-state index in [1.54, 1.807) is 0 Å². The molecule has 0 fully saturated rings. The number of benzene rings is 3. The molecule has 0 spiro atoms. The molecule has 0 aromatic heterocycles. The molecule has 0 radical (unpaired) electrons. The molecule has 0 atom stereocenters. The molecule has 28 heavy (non-hydrogen) atoms. The van der Waals surface area contributed by atoms with Crippen LogP contribution in [0.1, 0.15) is 0 Å². The van der Waals surface area contributed by atoms with Crippen LogP contribution in [-0.2, 0) is 0 Å². The van der Waals surface area contributed by atoms with Crippen LogP contribution in [-0.4, -0.2) is 35.3 Å². The number of halogens is 1. The van der Waals surface area contributed by atoms with E-state index in [2.05, 4.69) is 76.7 Å². The number of hydrogen-bond donors (Lipinski definition) is 2. The molecule has 3 aromatic carbocycles. The molecule has 6 heteroatoms. The van der Waals surface area contributed by atoms with Crippen molar-refractivity contribution < 1.29 is 24.2 Å². The van der Waals surface area contributed by atoms with Crippen LogP contribution in [0.3, 0.4) is 0 Å². The van der Waals surface area contributed by atoms with Crippen LogP contribution in [0.4, 0.5) is 15.8 Å². The highest BCUT2D eigenvalue weighted by atomic mass is 19.1. The maximum absolute atomic E-state index is 12.4. The molecule has 3 rings (SSSR count). The van der Waals surface area contributed by atoms with Crippen molar-refractivity contribution in [3.8, 4) is 0 Å². The SMILES string of the molecule is C[NH+](C)c1ccccc1.C[NH+](C)c1ccccc1.[O-]B([O-])c1ccccc1F. The van der Waals surface area contributed by atoms with E-state index in [1.807, 2.05) is 12.1 Å². The Morgan fingerprint density at radius 2 is 0.964 bits per heavy atom. The molecule has 0 aliphatic carbocycles. The van der Waals surface area contributed by atoms with Crippen molar-refractivity contribution in [2.45, 2.75) is 0 Å². The summed E-state index contributed by atoms with van der Waals surface area (Å²) >= 11 is 0. The van der Waals surface area contributed by atoms with Gasteiger partial charge in [0.1, 0.15) is 17.2 Å². The smallest absolute Gasteiger partial charge is 0.130 e. The van der Waals surface area contributed by atoms with E-state index in [4.69, 9.17) is 0 Å². The number of quaternary nitrogens is 2. The fourth-order valence-corrected chi connectivity index (χ4v) is 2.21. The van der Waals surface area contributed by atoms with Crippen LogP contribution in [0.15, 0.2) is 84.9 Å². The van der Waals surface area contributed by atoms with Crippen molar-refractivity contribution in [3.63, 3.8) is 0 Å². The van der Waals surface area contributed by atoms with E-state index < -0.39 is 12.9 Å². The van der Waals surface area contributed by atoms with E-state index in [0.717, 1.165) is 6.07 Å². The highest BCUT2D eigenvalue weighted by molar-refractivity contribution is 6.55. The van der Waals surface area contributed by atoms with Crippen LogP contribution in [0.2, 0.25) is 0 Å². The van der Waals surface area contributed by atoms with Gasteiger partial charge in [-0.1, -0.05) is 67.2 Å². The maximum atomic E-state index is 12.4. The summed E-state index contributed by atoms with van der Waals surface area (Å²) in [5.41, 5.74) is 2.34. The van der Waals surface area contributed by atoms with Crippen LogP contribution >= 0.6 is 0 Å². The first-order chi connectivity index (χ1) is 13.3. The highest BCUT2D eigenvalue weighted by Gasteiger charge is 1.95. The van der Waals surface area contributed by atoms with Crippen molar-refractivity contribution in [1.29, 1.82) is 0 Å². The van der Waals surface area contributed by atoms with Crippen molar-refractivity contribution >= 4 is 24.0 Å². The summed E-state index contributed by atoms with van der Waals surface area (Å²) in [7, 11) is 6.26. The Kier molecular flexibility index (Phi) is 10.8. The van der Waals surface area contributed by atoms with Gasteiger partial charge in [0, 0.05) is 0 Å². The fraction of sp³-hybridized carbons (Fsp3) is 0.182. The van der Waals surface area contributed by atoms with Gasteiger partial charge in [-0.2, -0.15) is 0 Å². The van der Waals surface area contributed by atoms with Gasteiger partial charge in [-0.3, -0.25) is 0 Å². The lowest BCUT2D eigenvalue weighted by Gasteiger charge is -2.26. The predicted molar refractivity (Wildman–Crippen MR) is 110 cm³/mol. The standard InChI is InChI=1S/2C8H11N.C6H4BFO2/c2*1-9(2)8-6-4-3-5-7-8;8-6-4-2-1-3-5(6)7(9)10/h2*3-7H,1-2H3;1-4H/q;;-2/p+2. The normalized spacial score (nSPS) is 9.89. The molecule has 0 heterocycles. The highest BCUT2D eigenvalue weighted by Crippen LogP contribution is 1.96. The number of nitrogens with one attached hydrogen (secondary N) is 2. The molecule has 0 aliphatic rings. The van der Waals surface area contributed by atoms with Gasteiger partial charge in [0.25, 0.3) is 0 Å². The average Bonchev–Trinajstić information content (AvgIpc) is 2.70. The van der Waals surface area contributed by atoms with Gasteiger partial charge < -0.3 is 19.8 Å². The van der Waals surface area contributed by atoms with Crippen LogP contribution in [0, 0.1) is 5.82 Å². The van der Waals surface area contributed by atoms with E-state index in [-0.39, 0.29) is 5.46 Å². The topological polar surface area (TPSA) is 55.0 Å². The van der Waals surface area contributed by atoms with Crippen LogP contribution in [0.25, 0.3) is 0 Å². The minimum Gasteiger partial charge on any atom is -0.889 e. The third-order valence-corrected chi connectivity index (χ3v) is 3.86. The fourth-order valence-electron chi connectivity index (χ4n) is 2.21. The molecule has 2 N–H and O–H groups in total. The Hall–Kier alpha value is -2.51. The van der Waals surface area contributed by atoms with Crippen molar-refractivity contribution in [2.75, 3.05) is 28.2 Å². The minimum absolute atomic E-state index is 0.317. The molecule has 0 bridgehead atoms. The van der Waals surface area contributed by atoms with Gasteiger partial charge in [-0.25, -0.2) is 4.39 Å². The third-order valence-electron chi connectivity index (χ3n) is 3.86. The molecule has 0 saturated heterocycles. The van der Waals surface area contributed by atoms with Crippen molar-refractivity contribution in [1.82, 2.24) is 0 Å².